The molecule has 1 N–H and O–H groups in total. The van der Waals surface area contributed by atoms with Gasteiger partial charge in [-0.15, -0.1) is 5.10 Å². The zero-order valence-electron chi connectivity index (χ0n) is 11.0. The number of halogens is 2. The molecule has 1 aromatic heterocycles. The predicted octanol–water partition coefficient (Wildman–Crippen LogP) is 3.29. The molecule has 0 aliphatic rings. The van der Waals surface area contributed by atoms with E-state index in [1.807, 2.05) is 13.8 Å². The topological polar surface area (TPSA) is 37.8 Å². The molecular formula is C13H15F2N3S. The zero-order valence-corrected chi connectivity index (χ0v) is 11.8. The second-order valence-corrected chi connectivity index (χ2v) is 5.50. The lowest BCUT2D eigenvalue weighted by molar-refractivity contribution is 0.589. The summed E-state index contributed by atoms with van der Waals surface area (Å²) in [5.74, 6) is -0.912. The van der Waals surface area contributed by atoms with E-state index in [0.717, 1.165) is 4.88 Å². The van der Waals surface area contributed by atoms with Crippen LogP contribution in [0.15, 0.2) is 12.1 Å². The first-order valence-corrected chi connectivity index (χ1v) is 6.77. The van der Waals surface area contributed by atoms with Crippen molar-refractivity contribution in [2.24, 2.45) is 0 Å². The van der Waals surface area contributed by atoms with E-state index in [2.05, 4.69) is 14.9 Å². The van der Waals surface area contributed by atoms with Gasteiger partial charge >= 0.3 is 0 Å². The summed E-state index contributed by atoms with van der Waals surface area (Å²) in [7, 11) is 0. The normalized spacial score (nSPS) is 11.3. The summed E-state index contributed by atoms with van der Waals surface area (Å²) in [4.78, 5) is 0.802. The minimum absolute atomic E-state index is 0.164. The molecule has 0 aliphatic carbocycles. The predicted molar refractivity (Wildman–Crippen MR) is 72.0 cm³/mol. The Morgan fingerprint density at radius 3 is 2.68 bits per heavy atom. The van der Waals surface area contributed by atoms with Crippen molar-refractivity contribution in [2.45, 2.75) is 33.4 Å². The standard InChI is InChI=1S/C13H15F2N3S/c1-7(2)16-6-12-13(17-18-19-12)9-5-10(14)8(3)4-11(9)15/h4-5,7,16H,6H2,1-3H3. The van der Waals surface area contributed by atoms with Crippen LogP contribution < -0.4 is 5.32 Å². The van der Waals surface area contributed by atoms with Crippen LogP contribution in [0.3, 0.4) is 0 Å². The Balaban J connectivity index is 2.37. The molecule has 0 atom stereocenters. The van der Waals surface area contributed by atoms with Crippen molar-refractivity contribution >= 4 is 11.5 Å². The monoisotopic (exact) mass is 283 g/mol. The summed E-state index contributed by atoms with van der Waals surface area (Å²) < 4.78 is 31.3. The molecule has 6 heteroatoms. The van der Waals surface area contributed by atoms with Gasteiger partial charge in [-0.25, -0.2) is 8.78 Å². The van der Waals surface area contributed by atoms with Crippen LogP contribution in [0.2, 0.25) is 0 Å². The van der Waals surface area contributed by atoms with Gasteiger partial charge in [0.1, 0.15) is 17.3 Å². The van der Waals surface area contributed by atoms with Gasteiger partial charge < -0.3 is 5.32 Å². The van der Waals surface area contributed by atoms with Crippen molar-refractivity contribution in [3.8, 4) is 11.3 Å². The van der Waals surface area contributed by atoms with E-state index in [4.69, 9.17) is 0 Å². The van der Waals surface area contributed by atoms with Gasteiger partial charge in [0.2, 0.25) is 0 Å². The van der Waals surface area contributed by atoms with Gasteiger partial charge in [-0.05, 0) is 36.2 Å². The van der Waals surface area contributed by atoms with Gasteiger partial charge in [-0.1, -0.05) is 18.3 Å². The van der Waals surface area contributed by atoms with E-state index < -0.39 is 11.6 Å². The number of hydrogen-bond donors (Lipinski definition) is 1. The fourth-order valence-electron chi connectivity index (χ4n) is 1.65. The van der Waals surface area contributed by atoms with Gasteiger partial charge in [0, 0.05) is 18.2 Å². The maximum absolute atomic E-state index is 13.9. The number of benzene rings is 1. The van der Waals surface area contributed by atoms with Crippen molar-refractivity contribution in [3.05, 3.63) is 34.2 Å². The Hall–Kier alpha value is -1.40. The highest BCUT2D eigenvalue weighted by atomic mass is 32.1. The minimum Gasteiger partial charge on any atom is -0.310 e. The molecule has 0 bridgehead atoms. The van der Waals surface area contributed by atoms with E-state index in [-0.39, 0.29) is 11.1 Å². The van der Waals surface area contributed by atoms with E-state index in [9.17, 15) is 8.78 Å². The molecule has 0 fully saturated rings. The number of hydrogen-bond acceptors (Lipinski definition) is 4. The summed E-state index contributed by atoms with van der Waals surface area (Å²) in [6, 6.07) is 2.67. The van der Waals surface area contributed by atoms with E-state index in [1.54, 1.807) is 0 Å². The molecule has 2 rings (SSSR count). The van der Waals surface area contributed by atoms with Crippen LogP contribution in [0.5, 0.6) is 0 Å². The van der Waals surface area contributed by atoms with Crippen molar-refractivity contribution < 1.29 is 8.78 Å². The maximum atomic E-state index is 13.9. The molecule has 0 amide bonds. The van der Waals surface area contributed by atoms with Gasteiger partial charge in [0.25, 0.3) is 0 Å². The first-order valence-electron chi connectivity index (χ1n) is 5.99. The summed E-state index contributed by atoms with van der Waals surface area (Å²) in [5.41, 5.74) is 0.859. The molecule has 0 saturated heterocycles. The van der Waals surface area contributed by atoms with Crippen molar-refractivity contribution in [1.82, 2.24) is 14.9 Å². The van der Waals surface area contributed by atoms with Crippen molar-refractivity contribution in [2.75, 3.05) is 0 Å². The summed E-state index contributed by atoms with van der Waals surface area (Å²) >= 11 is 1.19. The number of aromatic nitrogens is 2. The molecule has 2 aromatic rings. The number of nitrogens with zero attached hydrogens (tertiary/aromatic N) is 2. The molecule has 3 nitrogen and oxygen atoms in total. The fourth-order valence-corrected chi connectivity index (χ4v) is 2.26. The molecule has 1 aromatic carbocycles. The maximum Gasteiger partial charge on any atom is 0.133 e. The number of rotatable bonds is 4. The first kappa shape index (κ1) is 14.0. The summed E-state index contributed by atoms with van der Waals surface area (Å²) in [6.07, 6.45) is 0. The van der Waals surface area contributed by atoms with E-state index >= 15 is 0 Å². The molecular weight excluding hydrogens is 268 g/mol. The highest BCUT2D eigenvalue weighted by Gasteiger charge is 2.16. The average molecular weight is 283 g/mol. The van der Waals surface area contributed by atoms with E-state index in [0.29, 0.717) is 18.3 Å². The molecule has 0 saturated carbocycles. The van der Waals surface area contributed by atoms with Crippen LogP contribution in [0.1, 0.15) is 24.3 Å². The molecule has 0 radical (unpaired) electrons. The van der Waals surface area contributed by atoms with Crippen molar-refractivity contribution in [1.29, 1.82) is 0 Å². The van der Waals surface area contributed by atoms with Crippen LogP contribution in [-0.4, -0.2) is 15.6 Å². The van der Waals surface area contributed by atoms with Gasteiger partial charge in [0.05, 0.1) is 4.88 Å². The highest BCUT2D eigenvalue weighted by Crippen LogP contribution is 2.28. The third-order valence-electron chi connectivity index (χ3n) is 2.73. The lowest BCUT2D eigenvalue weighted by atomic mass is 10.1. The third kappa shape index (κ3) is 3.13. The average Bonchev–Trinajstić information content (AvgIpc) is 2.79. The van der Waals surface area contributed by atoms with Crippen LogP contribution in [0, 0.1) is 18.6 Å². The lowest BCUT2D eigenvalue weighted by Gasteiger charge is -2.08. The summed E-state index contributed by atoms with van der Waals surface area (Å²) in [5, 5.41) is 7.14. The largest absolute Gasteiger partial charge is 0.310 e. The molecule has 102 valence electrons. The molecule has 19 heavy (non-hydrogen) atoms. The fraction of sp³-hybridized carbons (Fsp3) is 0.385. The van der Waals surface area contributed by atoms with Gasteiger partial charge in [-0.3, -0.25) is 0 Å². The smallest absolute Gasteiger partial charge is 0.133 e. The number of aryl methyl sites for hydroxylation is 1. The summed E-state index contributed by atoms with van der Waals surface area (Å²) in [6.45, 7) is 6.10. The highest BCUT2D eigenvalue weighted by molar-refractivity contribution is 7.05. The Kier molecular flexibility index (Phi) is 4.21. The van der Waals surface area contributed by atoms with Crippen LogP contribution in [0.4, 0.5) is 8.78 Å². The quantitative estimate of drug-likeness (QED) is 0.935. The lowest BCUT2D eigenvalue weighted by Crippen LogP contribution is -2.21. The minimum atomic E-state index is -0.475. The van der Waals surface area contributed by atoms with E-state index in [1.165, 1.54) is 30.6 Å². The SMILES string of the molecule is Cc1cc(F)c(-c2nnsc2CNC(C)C)cc1F. The van der Waals surface area contributed by atoms with Crippen LogP contribution in [0.25, 0.3) is 11.3 Å². The molecule has 1 heterocycles. The second-order valence-electron chi connectivity index (χ2n) is 4.66. The zero-order chi connectivity index (χ0) is 14.0. The Labute approximate surface area is 114 Å². The Morgan fingerprint density at radius 2 is 2.00 bits per heavy atom. The Morgan fingerprint density at radius 1 is 1.26 bits per heavy atom. The molecule has 0 aliphatic heterocycles. The van der Waals surface area contributed by atoms with Crippen LogP contribution >= 0.6 is 11.5 Å². The Bertz CT molecular complexity index is 581. The third-order valence-corrected chi connectivity index (χ3v) is 3.45. The van der Waals surface area contributed by atoms with Crippen molar-refractivity contribution in [3.63, 3.8) is 0 Å². The van der Waals surface area contributed by atoms with Gasteiger partial charge in [-0.2, -0.15) is 0 Å². The van der Waals surface area contributed by atoms with Crippen LogP contribution in [-0.2, 0) is 6.54 Å². The molecule has 0 unspecified atom stereocenters. The number of nitrogens with one attached hydrogen (secondary N) is 1. The van der Waals surface area contributed by atoms with Gasteiger partial charge in [0.15, 0.2) is 0 Å². The second kappa shape index (κ2) is 5.71. The molecule has 0 spiro atoms. The first-order chi connectivity index (χ1) is 8.99.